The first-order valence-corrected chi connectivity index (χ1v) is 10.0. The summed E-state index contributed by atoms with van der Waals surface area (Å²) in [5.41, 5.74) is 12.4. The molecule has 0 fully saturated rings. The number of aryl methyl sites for hydroxylation is 1. The molecule has 4 aromatic rings. The van der Waals surface area contributed by atoms with Gasteiger partial charge in [-0.1, -0.05) is 31.4 Å². The van der Waals surface area contributed by atoms with Gasteiger partial charge in [-0.2, -0.15) is 0 Å². The van der Waals surface area contributed by atoms with Gasteiger partial charge in [0.15, 0.2) is 0 Å². The fraction of sp³-hybridized carbons (Fsp3) is 0.167. The third kappa shape index (κ3) is 3.66. The number of carbonyl (C=O) groups excluding carboxylic acids is 1. The molecule has 31 heavy (non-hydrogen) atoms. The largest absolute Gasteiger partial charge is 0.383 e. The van der Waals surface area contributed by atoms with Crippen LogP contribution in [0.15, 0.2) is 62.1 Å². The third-order valence-electron chi connectivity index (χ3n) is 5.38. The zero-order valence-electron chi connectivity index (χ0n) is 17.4. The van der Waals surface area contributed by atoms with Crippen molar-refractivity contribution in [1.82, 2.24) is 24.8 Å². The zero-order chi connectivity index (χ0) is 22.0. The molecule has 3 N–H and O–H groups in total. The Labute approximate surface area is 180 Å². The van der Waals surface area contributed by atoms with E-state index in [0.29, 0.717) is 5.82 Å². The Bertz CT molecular complexity index is 1320. The number of nitrogens with zero attached hydrogens (tertiary/aromatic N) is 4. The van der Waals surface area contributed by atoms with Gasteiger partial charge in [-0.05, 0) is 36.6 Å². The summed E-state index contributed by atoms with van der Waals surface area (Å²) < 4.78 is 2.23. The number of pyridine rings is 1. The first-order valence-electron chi connectivity index (χ1n) is 10.0. The van der Waals surface area contributed by atoms with Gasteiger partial charge in [-0.25, -0.2) is 9.97 Å². The van der Waals surface area contributed by atoms with E-state index < -0.39 is 0 Å². The molecule has 156 valence electrons. The second-order valence-electron chi connectivity index (χ2n) is 7.27. The number of hydrogen-bond donors (Lipinski definition) is 2. The normalized spacial score (nSPS) is 12.7. The van der Waals surface area contributed by atoms with E-state index in [1.807, 2.05) is 24.4 Å². The Balaban J connectivity index is 0.000000342. The molecular weight excluding hydrogens is 388 g/mol. The number of hydrogen-bond acceptors (Lipinski definition) is 5. The van der Waals surface area contributed by atoms with E-state index in [9.17, 15) is 4.79 Å². The summed E-state index contributed by atoms with van der Waals surface area (Å²) in [7, 11) is 1.56. The number of nitrogen functional groups attached to an aromatic ring is 1. The second kappa shape index (κ2) is 8.39. The number of anilines is 1. The molecule has 7 nitrogen and oxygen atoms in total. The topological polar surface area (TPSA) is 98.7 Å². The lowest BCUT2D eigenvalue weighted by atomic mass is 9.96. The molecule has 5 rings (SSSR count). The van der Waals surface area contributed by atoms with Crippen molar-refractivity contribution in [2.75, 3.05) is 12.8 Å². The van der Waals surface area contributed by atoms with Gasteiger partial charge in [0.25, 0.3) is 0 Å². The number of benzene rings is 1. The van der Waals surface area contributed by atoms with Gasteiger partial charge in [0.1, 0.15) is 17.8 Å². The summed E-state index contributed by atoms with van der Waals surface area (Å²) in [6.45, 7) is 8.44. The van der Waals surface area contributed by atoms with E-state index in [1.54, 1.807) is 7.05 Å². The zero-order valence-corrected chi connectivity index (χ0v) is 17.4. The molecule has 3 aromatic heterocycles. The van der Waals surface area contributed by atoms with Gasteiger partial charge in [0, 0.05) is 36.3 Å². The molecule has 7 heteroatoms. The van der Waals surface area contributed by atoms with E-state index in [0.717, 1.165) is 63.7 Å². The smallest absolute Gasteiger partial charge is 0.243 e. The highest BCUT2D eigenvalue weighted by atomic mass is 16.1. The summed E-state index contributed by atoms with van der Waals surface area (Å²) in [6, 6.07) is 10.3. The monoisotopic (exact) mass is 412 g/mol. The molecule has 1 amide bonds. The van der Waals surface area contributed by atoms with E-state index in [2.05, 4.69) is 50.1 Å². The maximum absolute atomic E-state index is 9.95. The van der Waals surface area contributed by atoms with Crippen LogP contribution in [0.1, 0.15) is 18.5 Å². The molecule has 1 aliphatic heterocycles. The van der Waals surface area contributed by atoms with E-state index in [-0.39, 0.29) is 5.91 Å². The van der Waals surface area contributed by atoms with Crippen LogP contribution in [-0.4, -0.2) is 32.5 Å². The highest BCUT2D eigenvalue weighted by Gasteiger charge is 2.26. The number of allylic oxidation sites excluding steroid dienone is 1. The lowest BCUT2D eigenvalue weighted by Gasteiger charge is -2.19. The predicted molar refractivity (Wildman–Crippen MR) is 125 cm³/mol. The summed E-state index contributed by atoms with van der Waals surface area (Å²) in [5, 5.41) is 4.36. The van der Waals surface area contributed by atoms with Gasteiger partial charge < -0.3 is 15.6 Å². The summed E-state index contributed by atoms with van der Waals surface area (Å²) >= 11 is 0. The summed E-state index contributed by atoms with van der Waals surface area (Å²) in [4.78, 5) is 23.3. The Morgan fingerprint density at radius 2 is 2.06 bits per heavy atom. The van der Waals surface area contributed by atoms with Crippen LogP contribution in [0.3, 0.4) is 0 Å². The number of amides is 1. The van der Waals surface area contributed by atoms with Crippen LogP contribution in [0.4, 0.5) is 5.82 Å². The van der Waals surface area contributed by atoms with Crippen LogP contribution in [0, 0.1) is 0 Å². The van der Waals surface area contributed by atoms with Crippen molar-refractivity contribution in [2.24, 2.45) is 0 Å². The van der Waals surface area contributed by atoms with Crippen molar-refractivity contribution in [3.05, 3.63) is 67.8 Å². The van der Waals surface area contributed by atoms with Crippen molar-refractivity contribution >= 4 is 39.2 Å². The van der Waals surface area contributed by atoms with Crippen LogP contribution >= 0.6 is 0 Å². The maximum Gasteiger partial charge on any atom is 0.243 e. The standard InChI is InChI=1S/C20H17N5.C4H7NO/c1-12-5-4-8-25-18(12)16(17-19(21)23-11-24-20(17)25)14-9-13-6-2-3-7-15(13)22-10-14;1-3-4(6)5-2/h2-3,6-7,9-11H,1,4-5,8H2,(H2,21,23,24);3H,1H2,2H3,(H,5,6). The minimum Gasteiger partial charge on any atom is -0.383 e. The van der Waals surface area contributed by atoms with Crippen molar-refractivity contribution in [3.8, 4) is 11.1 Å². The molecule has 0 bridgehead atoms. The van der Waals surface area contributed by atoms with Crippen LogP contribution in [0.25, 0.3) is 38.6 Å². The van der Waals surface area contributed by atoms with Gasteiger partial charge in [0.2, 0.25) is 5.91 Å². The molecule has 1 aromatic carbocycles. The second-order valence-corrected chi connectivity index (χ2v) is 7.27. The highest BCUT2D eigenvalue weighted by molar-refractivity contribution is 6.06. The molecule has 0 unspecified atom stereocenters. The van der Waals surface area contributed by atoms with Crippen LogP contribution in [-0.2, 0) is 11.3 Å². The van der Waals surface area contributed by atoms with Crippen LogP contribution in [0.5, 0.6) is 0 Å². The van der Waals surface area contributed by atoms with Crippen LogP contribution in [0.2, 0.25) is 0 Å². The number of fused-ring (bicyclic) bond motifs is 4. The summed E-state index contributed by atoms with van der Waals surface area (Å²) in [5.74, 6) is 0.359. The number of nitrogens with two attached hydrogens (primary N) is 1. The number of carbonyl (C=O) groups is 1. The number of aromatic nitrogens is 4. The molecule has 1 aliphatic rings. The van der Waals surface area contributed by atoms with Gasteiger partial charge in [-0.15, -0.1) is 0 Å². The van der Waals surface area contributed by atoms with Gasteiger partial charge >= 0.3 is 0 Å². The van der Waals surface area contributed by atoms with E-state index in [1.165, 1.54) is 12.4 Å². The minimum atomic E-state index is -0.144. The first kappa shape index (κ1) is 20.3. The Hall–Kier alpha value is -4.00. The molecule has 0 atom stereocenters. The number of para-hydroxylation sites is 1. The molecular formula is C24H24N6O. The van der Waals surface area contributed by atoms with Crippen LogP contribution < -0.4 is 11.1 Å². The van der Waals surface area contributed by atoms with Crippen molar-refractivity contribution in [2.45, 2.75) is 19.4 Å². The molecule has 0 aliphatic carbocycles. The molecule has 0 saturated carbocycles. The van der Waals surface area contributed by atoms with Gasteiger partial charge in [0.05, 0.1) is 16.6 Å². The predicted octanol–water partition coefficient (Wildman–Crippen LogP) is 3.95. The fourth-order valence-electron chi connectivity index (χ4n) is 3.94. The molecule has 4 heterocycles. The Morgan fingerprint density at radius 3 is 2.81 bits per heavy atom. The SMILES string of the molecule is C=C1CCCn2c1c(-c1cnc3ccccc3c1)c1c(N)ncnc12.C=CC(=O)NC. The summed E-state index contributed by atoms with van der Waals surface area (Å²) in [6.07, 6.45) is 6.71. The van der Waals surface area contributed by atoms with E-state index in [4.69, 9.17) is 5.73 Å². The van der Waals surface area contributed by atoms with Crippen molar-refractivity contribution in [1.29, 1.82) is 0 Å². The molecule has 0 saturated heterocycles. The third-order valence-corrected chi connectivity index (χ3v) is 5.38. The fourth-order valence-corrected chi connectivity index (χ4v) is 3.94. The lowest BCUT2D eigenvalue weighted by Crippen LogP contribution is -2.13. The maximum atomic E-state index is 9.95. The molecule has 0 radical (unpaired) electrons. The minimum absolute atomic E-state index is 0.144. The average molecular weight is 412 g/mol. The Kier molecular flexibility index (Phi) is 5.49. The number of rotatable bonds is 2. The number of nitrogens with one attached hydrogen (secondary N) is 1. The van der Waals surface area contributed by atoms with Crippen molar-refractivity contribution < 1.29 is 4.79 Å². The highest BCUT2D eigenvalue weighted by Crippen LogP contribution is 2.42. The quantitative estimate of drug-likeness (QED) is 0.486. The first-order chi connectivity index (χ1) is 15.0. The van der Waals surface area contributed by atoms with Crippen molar-refractivity contribution in [3.63, 3.8) is 0 Å². The molecule has 0 spiro atoms. The Morgan fingerprint density at radius 1 is 1.26 bits per heavy atom. The van der Waals surface area contributed by atoms with Gasteiger partial charge in [-0.3, -0.25) is 9.78 Å². The number of likely N-dealkylation sites (N-methyl/N-ethyl adjacent to an activating group) is 1. The average Bonchev–Trinajstić information content (AvgIpc) is 3.16. The lowest BCUT2D eigenvalue weighted by molar-refractivity contribution is -0.116. The van der Waals surface area contributed by atoms with E-state index >= 15 is 0 Å².